The standard InChI is InChI=1S/C24H28N4O3/c1-16-20(27(3)21(29)15-28-13-7-8-14-28)12-11-19-22(16)23(30)31-24(26-19)25-17(2)18-9-5-4-6-10-18/h4-6,9-12,17H,7-8,13-15H2,1-3H3,(H,25,26)/t17-/m0/s1. The predicted molar refractivity (Wildman–Crippen MR) is 123 cm³/mol. The molecule has 2 aromatic carbocycles. The molecule has 0 spiro atoms. The molecule has 1 aromatic heterocycles. The topological polar surface area (TPSA) is 78.7 Å². The van der Waals surface area contributed by atoms with Gasteiger partial charge in [-0.2, -0.15) is 4.98 Å². The summed E-state index contributed by atoms with van der Waals surface area (Å²) in [4.78, 5) is 33.8. The molecule has 4 rings (SSSR count). The summed E-state index contributed by atoms with van der Waals surface area (Å²) in [5.41, 5.74) is 2.53. The Labute approximate surface area is 181 Å². The van der Waals surface area contributed by atoms with Crippen LogP contribution in [-0.2, 0) is 4.79 Å². The third-order valence-electron chi connectivity index (χ3n) is 5.96. The number of anilines is 2. The number of amides is 1. The smallest absolute Gasteiger partial charge is 0.348 e. The summed E-state index contributed by atoms with van der Waals surface area (Å²) >= 11 is 0. The van der Waals surface area contributed by atoms with Crippen molar-refractivity contribution in [2.45, 2.75) is 32.7 Å². The number of hydrogen-bond acceptors (Lipinski definition) is 6. The van der Waals surface area contributed by atoms with Crippen LogP contribution in [0.3, 0.4) is 0 Å². The molecule has 1 aliphatic rings. The van der Waals surface area contributed by atoms with Crippen molar-refractivity contribution < 1.29 is 9.21 Å². The monoisotopic (exact) mass is 420 g/mol. The maximum atomic E-state index is 12.8. The zero-order valence-electron chi connectivity index (χ0n) is 18.2. The van der Waals surface area contributed by atoms with Crippen LogP contribution in [0.25, 0.3) is 10.9 Å². The average Bonchev–Trinajstić information content (AvgIpc) is 3.27. The molecule has 162 valence electrons. The quantitative estimate of drug-likeness (QED) is 0.655. The van der Waals surface area contributed by atoms with Crippen LogP contribution in [0.2, 0.25) is 0 Å². The van der Waals surface area contributed by atoms with Gasteiger partial charge in [0.15, 0.2) is 0 Å². The third kappa shape index (κ3) is 4.46. The average molecular weight is 421 g/mol. The second-order valence-electron chi connectivity index (χ2n) is 8.12. The van der Waals surface area contributed by atoms with Gasteiger partial charge >= 0.3 is 5.63 Å². The van der Waals surface area contributed by atoms with Gasteiger partial charge in [0, 0.05) is 12.7 Å². The molecule has 0 radical (unpaired) electrons. The van der Waals surface area contributed by atoms with Gasteiger partial charge in [0.25, 0.3) is 6.01 Å². The number of rotatable bonds is 6. The molecule has 0 saturated carbocycles. The zero-order chi connectivity index (χ0) is 22.0. The Bertz CT molecular complexity index is 1140. The molecular weight excluding hydrogens is 392 g/mol. The molecule has 1 saturated heterocycles. The van der Waals surface area contributed by atoms with Crippen molar-refractivity contribution in [2.24, 2.45) is 0 Å². The van der Waals surface area contributed by atoms with Gasteiger partial charge in [0.1, 0.15) is 0 Å². The Hall–Kier alpha value is -3.19. The lowest BCUT2D eigenvalue weighted by atomic mass is 10.1. The van der Waals surface area contributed by atoms with Crippen LogP contribution in [0.5, 0.6) is 0 Å². The van der Waals surface area contributed by atoms with E-state index >= 15 is 0 Å². The van der Waals surface area contributed by atoms with Gasteiger partial charge in [-0.1, -0.05) is 30.3 Å². The molecular formula is C24H28N4O3. The van der Waals surface area contributed by atoms with E-state index in [0.29, 0.717) is 28.7 Å². The van der Waals surface area contributed by atoms with Crippen LogP contribution < -0.4 is 15.8 Å². The Morgan fingerprint density at radius 2 is 1.90 bits per heavy atom. The maximum absolute atomic E-state index is 12.8. The van der Waals surface area contributed by atoms with Gasteiger partial charge in [-0.25, -0.2) is 4.79 Å². The van der Waals surface area contributed by atoms with E-state index < -0.39 is 5.63 Å². The fourth-order valence-corrected chi connectivity index (χ4v) is 4.12. The molecule has 1 fully saturated rings. The number of likely N-dealkylation sites (tertiary alicyclic amines) is 1. The highest BCUT2D eigenvalue weighted by atomic mass is 16.4. The lowest BCUT2D eigenvalue weighted by molar-refractivity contribution is -0.119. The van der Waals surface area contributed by atoms with Crippen LogP contribution in [-0.4, -0.2) is 42.5 Å². The van der Waals surface area contributed by atoms with Crippen molar-refractivity contribution in [2.75, 3.05) is 36.9 Å². The van der Waals surface area contributed by atoms with E-state index in [1.807, 2.05) is 50.2 Å². The molecule has 0 aliphatic carbocycles. The molecule has 0 unspecified atom stereocenters. The summed E-state index contributed by atoms with van der Waals surface area (Å²) in [6.07, 6.45) is 2.27. The number of carbonyl (C=O) groups is 1. The number of carbonyl (C=O) groups excluding carboxylic acids is 1. The minimum absolute atomic E-state index is 0.0108. The fourth-order valence-electron chi connectivity index (χ4n) is 4.12. The second-order valence-corrected chi connectivity index (χ2v) is 8.12. The minimum atomic E-state index is -0.465. The number of likely N-dealkylation sites (N-methyl/N-ethyl adjacent to an activating group) is 1. The SMILES string of the molecule is Cc1c(N(C)C(=O)CN2CCCC2)ccc2nc(N[C@@H](C)c3ccccc3)oc(=O)c12. The van der Waals surface area contributed by atoms with E-state index in [4.69, 9.17) is 4.42 Å². The zero-order valence-corrected chi connectivity index (χ0v) is 18.2. The van der Waals surface area contributed by atoms with Crippen molar-refractivity contribution >= 4 is 28.5 Å². The van der Waals surface area contributed by atoms with Crippen LogP contribution in [0.1, 0.15) is 36.9 Å². The van der Waals surface area contributed by atoms with Crippen LogP contribution in [0, 0.1) is 6.92 Å². The number of aromatic nitrogens is 1. The molecule has 3 aromatic rings. The first-order valence-electron chi connectivity index (χ1n) is 10.7. The number of nitrogens with zero attached hydrogens (tertiary/aromatic N) is 3. The van der Waals surface area contributed by atoms with Crippen LogP contribution in [0.15, 0.2) is 51.7 Å². The van der Waals surface area contributed by atoms with E-state index in [9.17, 15) is 9.59 Å². The number of aryl methyl sites for hydroxylation is 1. The van der Waals surface area contributed by atoms with Gasteiger partial charge in [0.05, 0.1) is 23.5 Å². The summed E-state index contributed by atoms with van der Waals surface area (Å²) in [5.74, 6) is 0.0108. The molecule has 1 aliphatic heterocycles. The van der Waals surface area contributed by atoms with E-state index in [1.165, 1.54) is 0 Å². The highest BCUT2D eigenvalue weighted by molar-refractivity contribution is 5.98. The Kier molecular flexibility index (Phi) is 6.04. The summed E-state index contributed by atoms with van der Waals surface area (Å²) in [5, 5.41) is 3.56. The van der Waals surface area contributed by atoms with E-state index in [0.717, 1.165) is 31.5 Å². The molecule has 0 bridgehead atoms. The fraction of sp³-hybridized carbons (Fsp3) is 0.375. The molecule has 7 nitrogen and oxygen atoms in total. The lowest BCUT2D eigenvalue weighted by Gasteiger charge is -2.23. The van der Waals surface area contributed by atoms with Crippen molar-refractivity contribution in [1.82, 2.24) is 9.88 Å². The van der Waals surface area contributed by atoms with Gasteiger partial charge in [-0.3, -0.25) is 9.69 Å². The minimum Gasteiger partial charge on any atom is -0.389 e. The Morgan fingerprint density at radius 3 is 2.61 bits per heavy atom. The number of fused-ring (bicyclic) bond motifs is 1. The highest BCUT2D eigenvalue weighted by Gasteiger charge is 2.21. The van der Waals surface area contributed by atoms with Gasteiger partial charge in [-0.15, -0.1) is 0 Å². The van der Waals surface area contributed by atoms with Crippen molar-refractivity contribution in [3.63, 3.8) is 0 Å². The lowest BCUT2D eigenvalue weighted by Crippen LogP contribution is -2.37. The van der Waals surface area contributed by atoms with Gasteiger partial charge in [0.2, 0.25) is 5.91 Å². The molecule has 7 heteroatoms. The van der Waals surface area contributed by atoms with Crippen molar-refractivity contribution in [3.05, 3.63) is 64.0 Å². The number of benzene rings is 2. The molecule has 31 heavy (non-hydrogen) atoms. The van der Waals surface area contributed by atoms with E-state index in [2.05, 4.69) is 15.2 Å². The van der Waals surface area contributed by atoms with Crippen LogP contribution >= 0.6 is 0 Å². The third-order valence-corrected chi connectivity index (χ3v) is 5.96. The first-order valence-corrected chi connectivity index (χ1v) is 10.7. The number of nitrogens with one attached hydrogen (secondary N) is 1. The molecule has 1 atom stereocenters. The first-order chi connectivity index (χ1) is 14.9. The van der Waals surface area contributed by atoms with Crippen molar-refractivity contribution in [3.8, 4) is 0 Å². The van der Waals surface area contributed by atoms with Gasteiger partial charge < -0.3 is 14.6 Å². The second kappa shape index (κ2) is 8.89. The highest BCUT2D eigenvalue weighted by Crippen LogP contribution is 2.27. The first kappa shape index (κ1) is 21.1. The van der Waals surface area contributed by atoms with E-state index in [-0.39, 0.29) is 18.0 Å². The summed E-state index contributed by atoms with van der Waals surface area (Å²) in [6, 6.07) is 13.6. The summed E-state index contributed by atoms with van der Waals surface area (Å²) < 4.78 is 5.48. The Balaban J connectivity index is 1.59. The Morgan fingerprint density at radius 1 is 1.19 bits per heavy atom. The number of hydrogen-bond donors (Lipinski definition) is 1. The normalized spacial score (nSPS) is 15.2. The maximum Gasteiger partial charge on any atom is 0.348 e. The largest absolute Gasteiger partial charge is 0.389 e. The molecule has 1 amide bonds. The van der Waals surface area contributed by atoms with Gasteiger partial charge in [-0.05, 0) is 63.0 Å². The summed E-state index contributed by atoms with van der Waals surface area (Å²) in [7, 11) is 1.75. The van der Waals surface area contributed by atoms with Crippen molar-refractivity contribution in [1.29, 1.82) is 0 Å². The molecule has 2 heterocycles. The predicted octanol–water partition coefficient (Wildman–Crippen LogP) is 3.73. The van der Waals surface area contributed by atoms with Crippen LogP contribution in [0.4, 0.5) is 11.7 Å². The van der Waals surface area contributed by atoms with E-state index in [1.54, 1.807) is 18.0 Å². The molecule has 1 N–H and O–H groups in total. The summed E-state index contributed by atoms with van der Waals surface area (Å²) in [6.45, 7) is 6.12.